The molecule has 2 aromatic carbocycles. The largest absolute Gasteiger partial charge is 0.497 e. The molecule has 0 aliphatic rings. The Morgan fingerprint density at radius 2 is 1.70 bits per heavy atom. The summed E-state index contributed by atoms with van der Waals surface area (Å²) in [6.45, 7) is 5.27. The molecule has 2 N–H and O–H groups in total. The lowest BCUT2D eigenvalue weighted by atomic mass is 10.2. The topological polar surface area (TPSA) is 81.6 Å². The molecule has 3 rings (SSSR count). The van der Waals surface area contributed by atoms with Gasteiger partial charge in [-0.25, -0.2) is 0 Å². The Kier molecular flexibility index (Phi) is 6.11. The van der Waals surface area contributed by atoms with Gasteiger partial charge >= 0.3 is 0 Å². The summed E-state index contributed by atoms with van der Waals surface area (Å²) in [6, 6.07) is 14.6. The minimum absolute atomic E-state index is 0.224. The van der Waals surface area contributed by atoms with Crippen molar-refractivity contribution in [3.63, 3.8) is 0 Å². The Hall–Kier alpha value is -3.74. The number of ether oxygens (including phenoxy) is 2. The molecule has 1 heterocycles. The molecule has 0 saturated carbocycles. The normalized spacial score (nSPS) is 10.4. The molecular formula is C23H25N3O4. The van der Waals surface area contributed by atoms with Crippen molar-refractivity contribution < 1.29 is 19.1 Å². The number of benzene rings is 2. The van der Waals surface area contributed by atoms with Crippen molar-refractivity contribution in [3.8, 4) is 17.2 Å². The van der Waals surface area contributed by atoms with Crippen LogP contribution in [0.4, 0.5) is 11.4 Å². The van der Waals surface area contributed by atoms with E-state index in [9.17, 15) is 9.59 Å². The zero-order chi connectivity index (χ0) is 21.8. The van der Waals surface area contributed by atoms with Crippen LogP contribution in [0.1, 0.15) is 28.7 Å². The van der Waals surface area contributed by atoms with Crippen LogP contribution in [0, 0.1) is 13.8 Å². The number of hydrogen-bond acceptors (Lipinski definition) is 4. The molecule has 156 valence electrons. The predicted molar refractivity (Wildman–Crippen MR) is 117 cm³/mol. The molecule has 0 aliphatic heterocycles. The van der Waals surface area contributed by atoms with E-state index in [-0.39, 0.29) is 11.8 Å². The number of aromatic nitrogens is 1. The van der Waals surface area contributed by atoms with Gasteiger partial charge in [0.1, 0.15) is 11.5 Å². The number of nitrogens with one attached hydrogen (secondary N) is 2. The van der Waals surface area contributed by atoms with Gasteiger partial charge in [-0.1, -0.05) is 6.07 Å². The molecule has 0 bridgehead atoms. The van der Waals surface area contributed by atoms with Gasteiger partial charge in [0, 0.05) is 35.8 Å². The fourth-order valence-electron chi connectivity index (χ4n) is 3.41. The van der Waals surface area contributed by atoms with E-state index < -0.39 is 0 Å². The third-order valence-electron chi connectivity index (χ3n) is 4.76. The summed E-state index contributed by atoms with van der Waals surface area (Å²) in [7, 11) is 3.14. The first kappa shape index (κ1) is 21.0. The number of anilines is 2. The summed E-state index contributed by atoms with van der Waals surface area (Å²) in [6.07, 6.45) is 0. The standard InChI is InChI=1S/C23H25N3O4/c1-14-11-20(15(2)26(14)18-7-6-8-19(13-18)29-4)23(28)25-17-9-10-22(30-5)21(12-17)24-16(3)27/h6-13H,1-5H3,(H,24,27)(H,25,28). The molecule has 7 nitrogen and oxygen atoms in total. The summed E-state index contributed by atoms with van der Waals surface area (Å²) < 4.78 is 12.6. The van der Waals surface area contributed by atoms with Crippen LogP contribution in [0.5, 0.6) is 11.5 Å². The second-order valence-corrected chi connectivity index (χ2v) is 6.87. The maximum atomic E-state index is 13.0. The van der Waals surface area contributed by atoms with Crippen LogP contribution < -0.4 is 20.1 Å². The number of hydrogen-bond donors (Lipinski definition) is 2. The van der Waals surface area contributed by atoms with E-state index in [1.165, 1.54) is 14.0 Å². The second-order valence-electron chi connectivity index (χ2n) is 6.87. The molecule has 3 aromatic rings. The van der Waals surface area contributed by atoms with E-state index in [0.29, 0.717) is 22.7 Å². The molecule has 0 unspecified atom stereocenters. The quantitative estimate of drug-likeness (QED) is 0.638. The lowest BCUT2D eigenvalue weighted by Gasteiger charge is -2.13. The molecule has 0 saturated heterocycles. The van der Waals surface area contributed by atoms with E-state index >= 15 is 0 Å². The molecule has 0 spiro atoms. The van der Waals surface area contributed by atoms with E-state index in [2.05, 4.69) is 10.6 Å². The first-order valence-electron chi connectivity index (χ1n) is 9.44. The Morgan fingerprint density at radius 3 is 2.37 bits per heavy atom. The van der Waals surface area contributed by atoms with Gasteiger partial charge in [0.2, 0.25) is 5.91 Å². The predicted octanol–water partition coefficient (Wildman–Crippen LogP) is 4.32. The lowest BCUT2D eigenvalue weighted by Crippen LogP contribution is -2.14. The van der Waals surface area contributed by atoms with Crippen LogP contribution in [-0.4, -0.2) is 30.6 Å². The summed E-state index contributed by atoms with van der Waals surface area (Å²) in [5, 5.41) is 5.60. The number of methoxy groups -OCH3 is 2. The number of rotatable bonds is 6. The highest BCUT2D eigenvalue weighted by atomic mass is 16.5. The molecular weight excluding hydrogens is 382 g/mol. The summed E-state index contributed by atoms with van der Waals surface area (Å²) in [4.78, 5) is 24.4. The van der Waals surface area contributed by atoms with Crippen LogP contribution >= 0.6 is 0 Å². The molecule has 2 amide bonds. The van der Waals surface area contributed by atoms with Gasteiger partial charge in [0.25, 0.3) is 5.91 Å². The maximum Gasteiger partial charge on any atom is 0.257 e. The Labute approximate surface area is 175 Å². The maximum absolute atomic E-state index is 13.0. The van der Waals surface area contributed by atoms with E-state index in [0.717, 1.165) is 22.8 Å². The average molecular weight is 407 g/mol. The van der Waals surface area contributed by atoms with Crippen LogP contribution in [0.3, 0.4) is 0 Å². The Balaban J connectivity index is 1.90. The molecule has 0 aliphatic carbocycles. The minimum atomic E-state index is -0.240. The van der Waals surface area contributed by atoms with Crippen LogP contribution in [0.25, 0.3) is 5.69 Å². The minimum Gasteiger partial charge on any atom is -0.497 e. The van der Waals surface area contributed by atoms with Crippen LogP contribution in [0.15, 0.2) is 48.5 Å². The first-order chi connectivity index (χ1) is 14.3. The van der Waals surface area contributed by atoms with Gasteiger partial charge < -0.3 is 24.7 Å². The third kappa shape index (κ3) is 4.30. The van der Waals surface area contributed by atoms with E-state index in [1.54, 1.807) is 25.3 Å². The molecule has 7 heteroatoms. The van der Waals surface area contributed by atoms with Crippen LogP contribution in [-0.2, 0) is 4.79 Å². The summed E-state index contributed by atoms with van der Waals surface area (Å²) >= 11 is 0. The number of carbonyl (C=O) groups excluding carboxylic acids is 2. The zero-order valence-corrected chi connectivity index (χ0v) is 17.7. The fraction of sp³-hybridized carbons (Fsp3) is 0.217. The summed E-state index contributed by atoms with van der Waals surface area (Å²) in [5.74, 6) is 0.795. The Bertz CT molecular complexity index is 1100. The number of nitrogens with zero attached hydrogens (tertiary/aromatic N) is 1. The average Bonchev–Trinajstić information content (AvgIpc) is 3.02. The molecule has 30 heavy (non-hydrogen) atoms. The third-order valence-corrected chi connectivity index (χ3v) is 4.76. The smallest absolute Gasteiger partial charge is 0.257 e. The van der Waals surface area contributed by atoms with Crippen molar-refractivity contribution >= 4 is 23.2 Å². The number of aryl methyl sites for hydroxylation is 1. The van der Waals surface area contributed by atoms with E-state index in [4.69, 9.17) is 9.47 Å². The van der Waals surface area contributed by atoms with Crippen molar-refractivity contribution in [3.05, 3.63) is 65.5 Å². The van der Waals surface area contributed by atoms with Gasteiger partial charge in [-0.05, 0) is 50.2 Å². The van der Waals surface area contributed by atoms with Crippen molar-refractivity contribution in [1.82, 2.24) is 4.57 Å². The monoisotopic (exact) mass is 407 g/mol. The van der Waals surface area contributed by atoms with Gasteiger partial charge in [-0.3, -0.25) is 9.59 Å². The van der Waals surface area contributed by atoms with Crippen molar-refractivity contribution in [1.29, 1.82) is 0 Å². The highest BCUT2D eigenvalue weighted by Crippen LogP contribution is 2.29. The van der Waals surface area contributed by atoms with Crippen molar-refractivity contribution in [2.24, 2.45) is 0 Å². The highest BCUT2D eigenvalue weighted by Gasteiger charge is 2.18. The van der Waals surface area contributed by atoms with Gasteiger partial charge in [-0.15, -0.1) is 0 Å². The van der Waals surface area contributed by atoms with Crippen LogP contribution in [0.2, 0.25) is 0 Å². The Morgan fingerprint density at radius 1 is 0.933 bits per heavy atom. The summed E-state index contributed by atoms with van der Waals surface area (Å²) in [5.41, 5.74) is 4.27. The van der Waals surface area contributed by atoms with E-state index in [1.807, 2.05) is 48.7 Å². The van der Waals surface area contributed by atoms with Crippen molar-refractivity contribution in [2.75, 3.05) is 24.9 Å². The lowest BCUT2D eigenvalue weighted by molar-refractivity contribution is -0.114. The molecule has 1 aromatic heterocycles. The molecule has 0 atom stereocenters. The van der Waals surface area contributed by atoms with Gasteiger partial charge in [-0.2, -0.15) is 0 Å². The fourth-order valence-corrected chi connectivity index (χ4v) is 3.41. The number of carbonyl (C=O) groups is 2. The van der Waals surface area contributed by atoms with Gasteiger partial charge in [0.15, 0.2) is 0 Å². The van der Waals surface area contributed by atoms with Crippen molar-refractivity contribution in [2.45, 2.75) is 20.8 Å². The highest BCUT2D eigenvalue weighted by molar-refractivity contribution is 6.06. The number of amides is 2. The SMILES string of the molecule is COc1cccc(-n2c(C)cc(C(=O)Nc3ccc(OC)c(NC(C)=O)c3)c2C)c1. The molecule has 0 fully saturated rings. The second kappa shape index (κ2) is 8.73. The van der Waals surface area contributed by atoms with Gasteiger partial charge in [0.05, 0.1) is 25.5 Å². The first-order valence-corrected chi connectivity index (χ1v) is 9.44. The molecule has 0 radical (unpaired) electrons. The zero-order valence-electron chi connectivity index (χ0n) is 17.7.